The van der Waals surface area contributed by atoms with Crippen molar-refractivity contribution in [1.82, 2.24) is 10.2 Å². The van der Waals surface area contributed by atoms with Crippen molar-refractivity contribution in [1.29, 1.82) is 0 Å². The van der Waals surface area contributed by atoms with Crippen LogP contribution in [0.3, 0.4) is 0 Å². The van der Waals surface area contributed by atoms with Gasteiger partial charge in [-0.3, -0.25) is 9.69 Å². The summed E-state index contributed by atoms with van der Waals surface area (Å²) < 4.78 is 16.3. The zero-order valence-electron chi connectivity index (χ0n) is 15.2. The first-order chi connectivity index (χ1) is 13.4. The average molecular weight is 403 g/mol. The summed E-state index contributed by atoms with van der Waals surface area (Å²) in [5.74, 6) is 1.66. The van der Waals surface area contributed by atoms with E-state index in [-0.39, 0.29) is 25.9 Å². The average Bonchev–Trinajstić information content (AvgIpc) is 3.21. The summed E-state index contributed by atoms with van der Waals surface area (Å²) in [5, 5.41) is 3.41. The molecule has 0 spiro atoms. The predicted octanol–water partition coefficient (Wildman–Crippen LogP) is 3.00. The number of nitrogens with zero attached hydrogens (tertiary/aromatic N) is 1. The first-order valence-corrected chi connectivity index (χ1v) is 9.23. The summed E-state index contributed by atoms with van der Waals surface area (Å²) in [7, 11) is 0. The molecule has 0 unspecified atom stereocenters. The third kappa shape index (κ3) is 3.57. The third-order valence-electron chi connectivity index (χ3n) is 4.74. The molecule has 2 aromatic carbocycles. The van der Waals surface area contributed by atoms with E-state index in [0.29, 0.717) is 28.7 Å². The van der Waals surface area contributed by atoms with Gasteiger partial charge in [0.25, 0.3) is 5.91 Å². The fourth-order valence-electron chi connectivity index (χ4n) is 3.31. The second-order valence-corrected chi connectivity index (χ2v) is 7.32. The second kappa shape index (κ2) is 7.24. The summed E-state index contributed by atoms with van der Waals surface area (Å²) >= 11 is 5.84. The number of amides is 3. The molecule has 2 aliphatic heterocycles. The summed E-state index contributed by atoms with van der Waals surface area (Å²) in [6.45, 7) is 2.26. The summed E-state index contributed by atoms with van der Waals surface area (Å²) in [5.41, 5.74) is -0.148. The van der Waals surface area contributed by atoms with E-state index in [9.17, 15) is 9.59 Å². The van der Waals surface area contributed by atoms with Crippen LogP contribution in [-0.4, -0.2) is 42.3 Å². The molecule has 0 bridgehead atoms. The largest absolute Gasteiger partial charge is 0.492 e. The van der Waals surface area contributed by atoms with E-state index in [1.807, 2.05) is 12.1 Å². The fourth-order valence-corrected chi connectivity index (χ4v) is 3.44. The van der Waals surface area contributed by atoms with E-state index in [4.69, 9.17) is 25.8 Å². The zero-order chi connectivity index (χ0) is 19.7. The molecule has 0 saturated carbocycles. The van der Waals surface area contributed by atoms with Gasteiger partial charge in [0.1, 0.15) is 17.9 Å². The lowest BCUT2D eigenvalue weighted by molar-refractivity contribution is -0.131. The number of nitrogens with one attached hydrogen (secondary N) is 1. The number of ether oxygens (including phenoxy) is 3. The van der Waals surface area contributed by atoms with Crippen molar-refractivity contribution in [3.63, 3.8) is 0 Å². The van der Waals surface area contributed by atoms with Crippen LogP contribution in [0.1, 0.15) is 12.5 Å². The van der Waals surface area contributed by atoms with Crippen molar-refractivity contribution in [3.8, 4) is 17.2 Å². The molecule has 1 N–H and O–H groups in total. The van der Waals surface area contributed by atoms with Gasteiger partial charge in [-0.15, -0.1) is 0 Å². The monoisotopic (exact) mass is 402 g/mol. The van der Waals surface area contributed by atoms with E-state index < -0.39 is 11.6 Å². The van der Waals surface area contributed by atoms with Gasteiger partial charge in [-0.2, -0.15) is 0 Å². The summed E-state index contributed by atoms with van der Waals surface area (Å²) in [6.07, 6.45) is 0.350. The van der Waals surface area contributed by atoms with E-state index in [0.717, 1.165) is 5.56 Å². The van der Waals surface area contributed by atoms with Crippen molar-refractivity contribution in [2.75, 3.05) is 19.9 Å². The smallest absolute Gasteiger partial charge is 0.325 e. The van der Waals surface area contributed by atoms with Crippen LogP contribution in [-0.2, 0) is 11.2 Å². The molecule has 2 aliphatic rings. The minimum atomic E-state index is -1.02. The highest BCUT2D eigenvalue weighted by Gasteiger charge is 2.47. The van der Waals surface area contributed by atoms with Crippen LogP contribution in [0.2, 0.25) is 5.02 Å². The van der Waals surface area contributed by atoms with Crippen LogP contribution in [0, 0.1) is 0 Å². The molecular weight excluding hydrogens is 384 g/mol. The quantitative estimate of drug-likeness (QED) is 0.751. The highest BCUT2D eigenvalue weighted by molar-refractivity contribution is 6.30. The van der Waals surface area contributed by atoms with E-state index in [1.165, 1.54) is 4.90 Å². The highest BCUT2D eigenvalue weighted by Crippen LogP contribution is 2.34. The number of halogens is 1. The first-order valence-electron chi connectivity index (χ1n) is 8.86. The Kier molecular flexibility index (Phi) is 4.77. The Labute approximate surface area is 167 Å². The van der Waals surface area contributed by atoms with Gasteiger partial charge in [0, 0.05) is 11.4 Å². The summed E-state index contributed by atoms with van der Waals surface area (Å²) in [6, 6.07) is 12.0. The van der Waals surface area contributed by atoms with Crippen molar-refractivity contribution in [2.24, 2.45) is 0 Å². The number of fused-ring (bicyclic) bond motifs is 1. The van der Waals surface area contributed by atoms with Gasteiger partial charge in [-0.1, -0.05) is 17.7 Å². The van der Waals surface area contributed by atoms with Crippen LogP contribution < -0.4 is 19.5 Å². The maximum atomic E-state index is 12.9. The lowest BCUT2D eigenvalue weighted by Crippen LogP contribution is -2.46. The minimum Gasteiger partial charge on any atom is -0.492 e. The molecule has 28 heavy (non-hydrogen) atoms. The topological polar surface area (TPSA) is 77.1 Å². The zero-order valence-corrected chi connectivity index (χ0v) is 16.0. The first kappa shape index (κ1) is 18.4. The van der Waals surface area contributed by atoms with Crippen molar-refractivity contribution in [3.05, 3.63) is 53.1 Å². The Balaban J connectivity index is 1.39. The van der Waals surface area contributed by atoms with Gasteiger partial charge in [0.15, 0.2) is 11.5 Å². The standard InChI is InChI=1S/C20H19ClN2O5/c1-20(11-13-2-7-16-17(10-13)28-12-27-16)18(24)23(19(25)22-20)8-9-26-15-5-3-14(21)4-6-15/h2-7,10H,8-9,11-12H2,1H3,(H,22,25)/t20-/m0/s1. The van der Waals surface area contributed by atoms with E-state index >= 15 is 0 Å². The second-order valence-electron chi connectivity index (χ2n) is 6.89. The number of carbonyl (C=O) groups excluding carboxylic acids is 2. The van der Waals surface area contributed by atoms with E-state index in [1.54, 1.807) is 37.3 Å². The Morgan fingerprint density at radius 2 is 1.89 bits per heavy atom. The van der Waals surface area contributed by atoms with Crippen molar-refractivity contribution in [2.45, 2.75) is 18.9 Å². The van der Waals surface area contributed by atoms with Crippen LogP contribution in [0.5, 0.6) is 17.2 Å². The van der Waals surface area contributed by atoms with Gasteiger partial charge < -0.3 is 19.5 Å². The Hall–Kier alpha value is -2.93. The van der Waals surface area contributed by atoms with Gasteiger partial charge >= 0.3 is 6.03 Å². The SMILES string of the molecule is C[C@@]1(Cc2ccc3c(c2)OCO3)NC(=O)N(CCOc2ccc(Cl)cc2)C1=O. The molecule has 7 nitrogen and oxygen atoms in total. The number of hydrogen-bond acceptors (Lipinski definition) is 5. The van der Waals surface area contributed by atoms with Gasteiger partial charge in [0.2, 0.25) is 6.79 Å². The molecule has 1 saturated heterocycles. The Morgan fingerprint density at radius 3 is 2.68 bits per heavy atom. The molecular formula is C20H19ClN2O5. The van der Waals surface area contributed by atoms with Crippen molar-refractivity contribution >= 4 is 23.5 Å². The third-order valence-corrected chi connectivity index (χ3v) is 4.99. The van der Waals surface area contributed by atoms with Crippen LogP contribution in [0.15, 0.2) is 42.5 Å². The molecule has 4 rings (SSSR count). The molecule has 2 heterocycles. The maximum Gasteiger partial charge on any atom is 0.325 e. The molecule has 0 aliphatic carbocycles. The lowest BCUT2D eigenvalue weighted by atomic mass is 9.92. The highest BCUT2D eigenvalue weighted by atomic mass is 35.5. The lowest BCUT2D eigenvalue weighted by Gasteiger charge is -2.22. The van der Waals surface area contributed by atoms with Crippen LogP contribution >= 0.6 is 11.6 Å². The number of imide groups is 1. The van der Waals surface area contributed by atoms with Gasteiger partial charge in [0.05, 0.1) is 6.54 Å². The van der Waals surface area contributed by atoms with Gasteiger partial charge in [-0.05, 0) is 48.9 Å². The predicted molar refractivity (Wildman–Crippen MR) is 102 cm³/mol. The van der Waals surface area contributed by atoms with Gasteiger partial charge in [-0.25, -0.2) is 4.79 Å². The minimum absolute atomic E-state index is 0.157. The number of hydrogen-bond donors (Lipinski definition) is 1. The van der Waals surface area contributed by atoms with Crippen LogP contribution in [0.25, 0.3) is 0 Å². The molecule has 3 amide bonds. The molecule has 2 aromatic rings. The molecule has 0 radical (unpaired) electrons. The molecule has 0 aromatic heterocycles. The molecule has 146 valence electrons. The number of urea groups is 1. The Morgan fingerprint density at radius 1 is 1.14 bits per heavy atom. The number of benzene rings is 2. The normalized spacial score (nSPS) is 20.4. The number of carbonyl (C=O) groups is 2. The molecule has 8 heteroatoms. The molecule has 1 atom stereocenters. The molecule has 1 fully saturated rings. The Bertz CT molecular complexity index is 917. The summed E-state index contributed by atoms with van der Waals surface area (Å²) in [4.78, 5) is 26.4. The van der Waals surface area contributed by atoms with E-state index in [2.05, 4.69) is 5.32 Å². The van der Waals surface area contributed by atoms with Crippen LogP contribution in [0.4, 0.5) is 4.79 Å². The van der Waals surface area contributed by atoms with Crippen molar-refractivity contribution < 1.29 is 23.8 Å². The maximum absolute atomic E-state index is 12.9. The number of rotatable bonds is 6. The fraction of sp³-hybridized carbons (Fsp3) is 0.300.